The van der Waals surface area contributed by atoms with E-state index in [0.29, 0.717) is 32.4 Å². The largest absolute Gasteiger partial charge is 0.324 e. The second-order valence-electron chi connectivity index (χ2n) is 7.79. The Labute approximate surface area is 169 Å². The molecule has 2 aromatic rings. The van der Waals surface area contributed by atoms with E-state index in [9.17, 15) is 14.0 Å². The van der Waals surface area contributed by atoms with Gasteiger partial charge in [-0.2, -0.15) is 5.26 Å². The van der Waals surface area contributed by atoms with Crippen LogP contribution >= 0.6 is 0 Å². The lowest BCUT2D eigenvalue weighted by Crippen LogP contribution is -2.61. The zero-order valence-corrected chi connectivity index (χ0v) is 16.3. The summed E-state index contributed by atoms with van der Waals surface area (Å²) in [5.41, 5.74) is 1.08. The number of hydrogen-bond donors (Lipinski definition) is 0. The van der Waals surface area contributed by atoms with Crippen LogP contribution in [0, 0.1) is 24.1 Å². The number of halogens is 1. The maximum absolute atomic E-state index is 14.5. The molecule has 0 saturated carbocycles. The Hall–Kier alpha value is -3.20. The van der Waals surface area contributed by atoms with Crippen LogP contribution in [0.15, 0.2) is 42.5 Å². The molecule has 2 aliphatic heterocycles. The summed E-state index contributed by atoms with van der Waals surface area (Å²) < 4.78 is 14.5. The number of nitrogens with zero attached hydrogens (tertiary/aromatic N) is 3. The first-order chi connectivity index (χ1) is 14.0. The van der Waals surface area contributed by atoms with E-state index in [-0.39, 0.29) is 17.0 Å². The molecule has 2 saturated heterocycles. The van der Waals surface area contributed by atoms with Gasteiger partial charge in [-0.15, -0.1) is 0 Å². The molecule has 0 aliphatic carbocycles. The van der Waals surface area contributed by atoms with Gasteiger partial charge in [0.15, 0.2) is 0 Å². The molecule has 2 fully saturated rings. The Morgan fingerprint density at radius 3 is 2.45 bits per heavy atom. The number of carbonyl (C=O) groups is 2. The summed E-state index contributed by atoms with van der Waals surface area (Å²) in [5, 5.41) is 8.93. The van der Waals surface area contributed by atoms with Gasteiger partial charge in [0.1, 0.15) is 11.4 Å². The van der Waals surface area contributed by atoms with E-state index in [2.05, 4.69) is 0 Å². The fraction of sp³-hybridized carbons (Fsp3) is 0.348. The van der Waals surface area contributed by atoms with Crippen molar-refractivity contribution in [1.29, 1.82) is 5.26 Å². The summed E-state index contributed by atoms with van der Waals surface area (Å²) in [7, 11) is 0. The lowest BCUT2D eigenvalue weighted by atomic mass is 9.84. The molecule has 4 rings (SSSR count). The van der Waals surface area contributed by atoms with Crippen molar-refractivity contribution in [3.63, 3.8) is 0 Å². The van der Waals surface area contributed by atoms with Gasteiger partial charge in [-0.05, 0) is 62.9 Å². The topological polar surface area (TPSA) is 64.4 Å². The standard InChI is InChI=1S/C23H22FN3O2/c1-16-4-7-18(8-5-16)26-12-2-10-23(22(26)29)11-3-13-27(23)21(28)19-9-6-17(15-25)14-20(19)24/h4-9,14H,2-3,10-13H2,1H3. The highest BCUT2D eigenvalue weighted by Crippen LogP contribution is 2.40. The maximum atomic E-state index is 14.5. The molecule has 0 aromatic heterocycles. The van der Waals surface area contributed by atoms with Crippen molar-refractivity contribution in [2.75, 3.05) is 18.0 Å². The number of anilines is 1. The van der Waals surface area contributed by atoms with Crippen LogP contribution in [-0.2, 0) is 4.79 Å². The normalized spacial score (nSPS) is 21.5. The van der Waals surface area contributed by atoms with Crippen molar-refractivity contribution >= 4 is 17.5 Å². The van der Waals surface area contributed by atoms with E-state index in [1.54, 1.807) is 9.80 Å². The van der Waals surface area contributed by atoms with Gasteiger partial charge in [-0.25, -0.2) is 4.39 Å². The second kappa shape index (κ2) is 7.32. The van der Waals surface area contributed by atoms with Crippen molar-refractivity contribution < 1.29 is 14.0 Å². The van der Waals surface area contributed by atoms with Crippen LogP contribution in [0.25, 0.3) is 0 Å². The van der Waals surface area contributed by atoms with Crippen LogP contribution in [-0.4, -0.2) is 35.3 Å². The number of carbonyl (C=O) groups excluding carboxylic acids is 2. The number of piperidine rings is 1. The number of amides is 2. The van der Waals surface area contributed by atoms with Gasteiger partial charge in [0.2, 0.25) is 0 Å². The number of nitriles is 1. The highest BCUT2D eigenvalue weighted by atomic mass is 19.1. The molecule has 2 aliphatic rings. The SMILES string of the molecule is Cc1ccc(N2CCCC3(CCCN3C(=O)c3ccc(C#N)cc3F)C2=O)cc1. The monoisotopic (exact) mass is 391 g/mol. The van der Waals surface area contributed by atoms with Crippen molar-refractivity contribution in [2.24, 2.45) is 0 Å². The Bertz CT molecular complexity index is 1010. The minimum absolute atomic E-state index is 0.0903. The molecule has 0 N–H and O–H groups in total. The number of benzene rings is 2. The summed E-state index contributed by atoms with van der Waals surface area (Å²) in [6.07, 6.45) is 2.64. The Morgan fingerprint density at radius 2 is 1.79 bits per heavy atom. The lowest BCUT2D eigenvalue weighted by Gasteiger charge is -2.44. The predicted molar refractivity (Wildman–Crippen MR) is 107 cm³/mol. The van der Waals surface area contributed by atoms with Gasteiger partial charge in [-0.1, -0.05) is 17.7 Å². The van der Waals surface area contributed by atoms with Crippen LogP contribution in [0.2, 0.25) is 0 Å². The van der Waals surface area contributed by atoms with Crippen LogP contribution < -0.4 is 4.90 Å². The third-order valence-electron chi connectivity index (χ3n) is 6.02. The van der Waals surface area contributed by atoms with Crippen molar-refractivity contribution in [1.82, 2.24) is 4.90 Å². The molecule has 2 heterocycles. The van der Waals surface area contributed by atoms with Crippen LogP contribution in [0.1, 0.15) is 47.2 Å². The second-order valence-corrected chi connectivity index (χ2v) is 7.79. The predicted octanol–water partition coefficient (Wildman–Crippen LogP) is 3.81. The van der Waals surface area contributed by atoms with Crippen LogP contribution in [0.4, 0.5) is 10.1 Å². The first kappa shape index (κ1) is 19.1. The van der Waals surface area contributed by atoms with E-state index in [1.807, 2.05) is 37.3 Å². The first-order valence-electron chi connectivity index (χ1n) is 9.86. The van der Waals surface area contributed by atoms with Gasteiger partial charge in [0.25, 0.3) is 11.8 Å². The third kappa shape index (κ3) is 3.17. The summed E-state index contributed by atoms with van der Waals surface area (Å²) in [6, 6.07) is 13.5. The van der Waals surface area contributed by atoms with Crippen molar-refractivity contribution in [3.05, 3.63) is 65.0 Å². The van der Waals surface area contributed by atoms with Crippen LogP contribution in [0.5, 0.6) is 0 Å². The molecular weight excluding hydrogens is 369 g/mol. The average Bonchev–Trinajstić information content (AvgIpc) is 3.14. The van der Waals surface area contributed by atoms with Gasteiger partial charge < -0.3 is 9.80 Å². The molecule has 6 heteroatoms. The Kier molecular flexibility index (Phi) is 4.83. The van der Waals surface area contributed by atoms with E-state index >= 15 is 0 Å². The first-order valence-corrected chi connectivity index (χ1v) is 9.86. The number of rotatable bonds is 2. The Morgan fingerprint density at radius 1 is 1.10 bits per heavy atom. The fourth-order valence-corrected chi connectivity index (χ4v) is 4.52. The molecule has 2 aromatic carbocycles. The molecule has 148 valence electrons. The summed E-state index contributed by atoms with van der Waals surface area (Å²) in [6.45, 7) is 3.02. The number of likely N-dealkylation sites (tertiary alicyclic amines) is 1. The summed E-state index contributed by atoms with van der Waals surface area (Å²) in [5.74, 6) is -1.30. The van der Waals surface area contributed by atoms with E-state index in [1.165, 1.54) is 12.1 Å². The summed E-state index contributed by atoms with van der Waals surface area (Å²) >= 11 is 0. The van der Waals surface area contributed by atoms with Gasteiger partial charge in [-0.3, -0.25) is 9.59 Å². The zero-order valence-electron chi connectivity index (χ0n) is 16.3. The summed E-state index contributed by atoms with van der Waals surface area (Å²) in [4.78, 5) is 30.1. The highest BCUT2D eigenvalue weighted by molar-refractivity contribution is 6.06. The molecule has 2 amide bonds. The number of hydrogen-bond acceptors (Lipinski definition) is 3. The van der Waals surface area contributed by atoms with Crippen molar-refractivity contribution in [2.45, 2.75) is 38.1 Å². The zero-order chi connectivity index (χ0) is 20.6. The van der Waals surface area contributed by atoms with E-state index < -0.39 is 17.3 Å². The number of aryl methyl sites for hydroxylation is 1. The van der Waals surface area contributed by atoms with Gasteiger partial charge in [0.05, 0.1) is 17.2 Å². The fourth-order valence-electron chi connectivity index (χ4n) is 4.52. The molecule has 29 heavy (non-hydrogen) atoms. The quantitative estimate of drug-likeness (QED) is 0.782. The van der Waals surface area contributed by atoms with Gasteiger partial charge >= 0.3 is 0 Å². The van der Waals surface area contributed by atoms with E-state index in [4.69, 9.17) is 5.26 Å². The van der Waals surface area contributed by atoms with Crippen LogP contribution in [0.3, 0.4) is 0 Å². The maximum Gasteiger partial charge on any atom is 0.257 e. The lowest BCUT2D eigenvalue weighted by molar-refractivity contribution is -0.130. The minimum atomic E-state index is -0.930. The molecule has 1 unspecified atom stereocenters. The molecule has 1 spiro atoms. The molecular formula is C23H22FN3O2. The van der Waals surface area contributed by atoms with Gasteiger partial charge in [0, 0.05) is 18.8 Å². The Balaban J connectivity index is 1.67. The highest BCUT2D eigenvalue weighted by Gasteiger charge is 2.53. The van der Waals surface area contributed by atoms with E-state index in [0.717, 1.165) is 23.7 Å². The van der Waals surface area contributed by atoms with Crippen molar-refractivity contribution in [3.8, 4) is 6.07 Å². The third-order valence-corrected chi connectivity index (χ3v) is 6.02. The molecule has 1 atom stereocenters. The molecule has 0 radical (unpaired) electrons. The minimum Gasteiger partial charge on any atom is -0.324 e. The smallest absolute Gasteiger partial charge is 0.257 e. The molecule has 5 nitrogen and oxygen atoms in total. The average molecular weight is 391 g/mol. The molecule has 0 bridgehead atoms.